The van der Waals surface area contributed by atoms with E-state index in [0.29, 0.717) is 26.2 Å². The number of piperidine rings is 1. The fraction of sp³-hybridized carbons (Fsp3) is 0.500. The van der Waals surface area contributed by atoms with Crippen molar-refractivity contribution in [3.63, 3.8) is 0 Å². The molecular formula is C26H37N3O3. The molecule has 3 N–H and O–H groups in total. The number of hydrogen-bond acceptors (Lipinski definition) is 5. The van der Waals surface area contributed by atoms with E-state index in [0.717, 1.165) is 66.2 Å². The minimum absolute atomic E-state index is 0.134. The number of nitrogens with zero attached hydrogens (tertiary/aromatic N) is 1. The van der Waals surface area contributed by atoms with Crippen molar-refractivity contribution in [1.82, 2.24) is 0 Å². The van der Waals surface area contributed by atoms with E-state index in [1.165, 1.54) is 0 Å². The van der Waals surface area contributed by atoms with Crippen molar-refractivity contribution < 1.29 is 14.3 Å². The summed E-state index contributed by atoms with van der Waals surface area (Å²) in [7, 11) is 0. The van der Waals surface area contributed by atoms with Gasteiger partial charge in [-0.15, -0.1) is 0 Å². The highest BCUT2D eigenvalue weighted by atomic mass is 16.5. The molecule has 2 aromatic rings. The number of aryl methyl sites for hydroxylation is 2. The van der Waals surface area contributed by atoms with E-state index in [1.807, 2.05) is 12.1 Å². The predicted molar refractivity (Wildman–Crippen MR) is 131 cm³/mol. The standard InChI is InChI=1S/C26H37N3O3/c1-4-15-31-22-11-12-24(29-14-6-5-10-21(29)17-25(27)30)23(18-22)28-13-16-32-26-19(2)8-7-9-20(26)3/h7-9,11-12,18,21,28H,4-6,10,13-17H2,1-3H3,(H2,27,30). The van der Waals surface area contributed by atoms with Crippen LogP contribution in [0.3, 0.4) is 0 Å². The quantitative estimate of drug-likeness (QED) is 0.491. The van der Waals surface area contributed by atoms with E-state index in [2.05, 4.69) is 55.3 Å². The van der Waals surface area contributed by atoms with Crippen molar-refractivity contribution in [2.75, 3.05) is 36.5 Å². The van der Waals surface area contributed by atoms with Crippen LogP contribution in [0.1, 0.15) is 50.2 Å². The maximum absolute atomic E-state index is 11.6. The lowest BCUT2D eigenvalue weighted by molar-refractivity contribution is -0.118. The summed E-state index contributed by atoms with van der Waals surface area (Å²) >= 11 is 0. The summed E-state index contributed by atoms with van der Waals surface area (Å²) in [5.74, 6) is 1.55. The molecule has 0 saturated carbocycles. The number of carbonyl (C=O) groups is 1. The number of para-hydroxylation sites is 1. The number of anilines is 2. The van der Waals surface area contributed by atoms with Gasteiger partial charge in [0, 0.05) is 31.6 Å². The number of benzene rings is 2. The zero-order chi connectivity index (χ0) is 22.9. The summed E-state index contributed by atoms with van der Waals surface area (Å²) in [6.45, 7) is 9.04. The minimum Gasteiger partial charge on any atom is -0.494 e. The molecule has 0 spiro atoms. The molecule has 1 aliphatic heterocycles. The summed E-state index contributed by atoms with van der Waals surface area (Å²) in [6, 6.07) is 12.5. The fourth-order valence-corrected chi connectivity index (χ4v) is 4.34. The van der Waals surface area contributed by atoms with Crippen LogP contribution in [0.15, 0.2) is 36.4 Å². The number of ether oxygens (including phenoxy) is 2. The van der Waals surface area contributed by atoms with Crippen LogP contribution in [-0.2, 0) is 4.79 Å². The molecule has 6 heteroatoms. The van der Waals surface area contributed by atoms with Crippen LogP contribution in [0.5, 0.6) is 11.5 Å². The van der Waals surface area contributed by atoms with Gasteiger partial charge in [0.05, 0.1) is 18.0 Å². The number of primary amides is 1. The summed E-state index contributed by atoms with van der Waals surface area (Å²) in [5, 5.41) is 3.55. The summed E-state index contributed by atoms with van der Waals surface area (Å²) < 4.78 is 11.9. The van der Waals surface area contributed by atoms with Crippen LogP contribution >= 0.6 is 0 Å². The van der Waals surface area contributed by atoms with Gasteiger partial charge in [-0.3, -0.25) is 4.79 Å². The maximum atomic E-state index is 11.6. The number of carbonyl (C=O) groups excluding carboxylic acids is 1. The molecule has 0 radical (unpaired) electrons. The first-order chi connectivity index (χ1) is 15.5. The van der Waals surface area contributed by atoms with Gasteiger partial charge in [0.15, 0.2) is 0 Å². The molecule has 0 aromatic heterocycles. The molecule has 6 nitrogen and oxygen atoms in total. The monoisotopic (exact) mass is 439 g/mol. The molecule has 1 atom stereocenters. The van der Waals surface area contributed by atoms with E-state index in [-0.39, 0.29) is 11.9 Å². The van der Waals surface area contributed by atoms with E-state index >= 15 is 0 Å². The van der Waals surface area contributed by atoms with E-state index in [4.69, 9.17) is 15.2 Å². The van der Waals surface area contributed by atoms with Crippen molar-refractivity contribution in [2.45, 2.75) is 58.9 Å². The molecular weight excluding hydrogens is 402 g/mol. The SMILES string of the molecule is CCCOc1ccc(N2CCCCC2CC(N)=O)c(NCCOc2c(C)cccc2C)c1. The van der Waals surface area contributed by atoms with Crippen molar-refractivity contribution >= 4 is 17.3 Å². The molecule has 1 unspecified atom stereocenters. The Balaban J connectivity index is 1.74. The van der Waals surface area contributed by atoms with Gasteiger partial charge >= 0.3 is 0 Å². The van der Waals surface area contributed by atoms with Crippen molar-refractivity contribution in [3.05, 3.63) is 47.5 Å². The third kappa shape index (κ3) is 6.31. The first kappa shape index (κ1) is 23.8. The van der Waals surface area contributed by atoms with Gasteiger partial charge in [-0.2, -0.15) is 0 Å². The Morgan fingerprint density at radius 2 is 1.91 bits per heavy atom. The Labute approximate surface area is 192 Å². The highest BCUT2D eigenvalue weighted by Gasteiger charge is 2.26. The van der Waals surface area contributed by atoms with E-state index in [9.17, 15) is 4.79 Å². The Morgan fingerprint density at radius 1 is 1.12 bits per heavy atom. The molecule has 0 aliphatic carbocycles. The Hall–Kier alpha value is -2.89. The van der Waals surface area contributed by atoms with Crippen molar-refractivity contribution in [2.24, 2.45) is 5.73 Å². The average molecular weight is 440 g/mol. The van der Waals surface area contributed by atoms with Gasteiger partial charge in [0.2, 0.25) is 5.91 Å². The van der Waals surface area contributed by atoms with Gasteiger partial charge in [0.25, 0.3) is 0 Å². The van der Waals surface area contributed by atoms with Crippen LogP contribution < -0.4 is 25.4 Å². The van der Waals surface area contributed by atoms with Crippen LogP contribution in [-0.4, -0.2) is 38.3 Å². The highest BCUT2D eigenvalue weighted by molar-refractivity contribution is 5.77. The van der Waals surface area contributed by atoms with Crippen LogP contribution in [0, 0.1) is 13.8 Å². The number of nitrogens with two attached hydrogens (primary N) is 1. The minimum atomic E-state index is -0.249. The van der Waals surface area contributed by atoms with Crippen molar-refractivity contribution in [1.29, 1.82) is 0 Å². The zero-order valence-corrected chi connectivity index (χ0v) is 19.7. The second-order valence-electron chi connectivity index (χ2n) is 8.54. The Bertz CT molecular complexity index is 880. The third-order valence-corrected chi connectivity index (χ3v) is 5.89. The molecule has 1 saturated heterocycles. The van der Waals surface area contributed by atoms with Gasteiger partial charge in [-0.25, -0.2) is 0 Å². The smallest absolute Gasteiger partial charge is 0.219 e. The normalized spacial score (nSPS) is 16.0. The predicted octanol–water partition coefficient (Wildman–Crippen LogP) is 4.82. The lowest BCUT2D eigenvalue weighted by Crippen LogP contribution is -2.42. The van der Waals surface area contributed by atoms with Crippen LogP contribution in [0.4, 0.5) is 11.4 Å². The fourth-order valence-electron chi connectivity index (χ4n) is 4.34. The molecule has 1 fully saturated rings. The maximum Gasteiger partial charge on any atom is 0.219 e. The number of amides is 1. The first-order valence-corrected chi connectivity index (χ1v) is 11.7. The Morgan fingerprint density at radius 3 is 2.62 bits per heavy atom. The summed E-state index contributed by atoms with van der Waals surface area (Å²) in [4.78, 5) is 14.0. The summed E-state index contributed by atoms with van der Waals surface area (Å²) in [5.41, 5.74) is 9.91. The van der Waals surface area contributed by atoms with E-state index in [1.54, 1.807) is 0 Å². The van der Waals surface area contributed by atoms with Gasteiger partial charge in [-0.1, -0.05) is 25.1 Å². The molecule has 3 rings (SSSR count). The summed E-state index contributed by atoms with van der Waals surface area (Å²) in [6.07, 6.45) is 4.55. The molecule has 0 bridgehead atoms. The van der Waals surface area contributed by atoms with Gasteiger partial charge in [0.1, 0.15) is 18.1 Å². The van der Waals surface area contributed by atoms with Gasteiger partial charge in [-0.05, 0) is 62.8 Å². The molecule has 2 aromatic carbocycles. The lowest BCUT2D eigenvalue weighted by atomic mass is 9.97. The van der Waals surface area contributed by atoms with E-state index < -0.39 is 0 Å². The molecule has 174 valence electrons. The third-order valence-electron chi connectivity index (χ3n) is 5.89. The zero-order valence-electron chi connectivity index (χ0n) is 19.7. The molecule has 1 aliphatic rings. The second kappa shape index (κ2) is 11.7. The molecule has 1 amide bonds. The molecule has 1 heterocycles. The number of hydrogen-bond donors (Lipinski definition) is 2. The average Bonchev–Trinajstić information content (AvgIpc) is 2.77. The van der Waals surface area contributed by atoms with Crippen molar-refractivity contribution in [3.8, 4) is 11.5 Å². The first-order valence-electron chi connectivity index (χ1n) is 11.7. The number of rotatable bonds is 11. The largest absolute Gasteiger partial charge is 0.494 e. The number of nitrogens with one attached hydrogen (secondary N) is 1. The van der Waals surface area contributed by atoms with Crippen LogP contribution in [0.2, 0.25) is 0 Å². The van der Waals surface area contributed by atoms with Gasteiger partial charge < -0.3 is 25.4 Å². The second-order valence-corrected chi connectivity index (χ2v) is 8.54. The van der Waals surface area contributed by atoms with Crippen LogP contribution in [0.25, 0.3) is 0 Å². The highest BCUT2D eigenvalue weighted by Crippen LogP contribution is 2.35. The lowest BCUT2D eigenvalue weighted by Gasteiger charge is -2.38. The topological polar surface area (TPSA) is 76.8 Å². The molecule has 32 heavy (non-hydrogen) atoms. The Kier molecular flexibility index (Phi) is 8.65.